The van der Waals surface area contributed by atoms with E-state index in [0.29, 0.717) is 24.5 Å². The van der Waals surface area contributed by atoms with Crippen LogP contribution in [0, 0.1) is 23.4 Å². The van der Waals surface area contributed by atoms with Crippen LogP contribution in [0.1, 0.15) is 44.1 Å². The first-order valence-corrected chi connectivity index (χ1v) is 12.4. The van der Waals surface area contributed by atoms with Gasteiger partial charge in [-0.3, -0.25) is 0 Å². The van der Waals surface area contributed by atoms with Gasteiger partial charge in [-0.1, -0.05) is 30.9 Å². The van der Waals surface area contributed by atoms with Crippen molar-refractivity contribution in [3.05, 3.63) is 90.3 Å². The Labute approximate surface area is 210 Å². The van der Waals surface area contributed by atoms with E-state index in [1.54, 1.807) is 42.5 Å². The molecule has 6 heteroatoms. The van der Waals surface area contributed by atoms with E-state index in [-0.39, 0.29) is 41.3 Å². The van der Waals surface area contributed by atoms with Crippen molar-refractivity contribution in [1.82, 2.24) is 0 Å². The van der Waals surface area contributed by atoms with Gasteiger partial charge in [-0.2, -0.15) is 4.39 Å². The largest absolute Gasteiger partial charge is 0.494 e. The summed E-state index contributed by atoms with van der Waals surface area (Å²) in [6.45, 7) is 6.56. The molecule has 0 spiro atoms. The first-order chi connectivity index (χ1) is 17.5. The molecule has 0 saturated heterocycles. The summed E-state index contributed by atoms with van der Waals surface area (Å²) in [5.74, 6) is -0.971. The summed E-state index contributed by atoms with van der Waals surface area (Å²) in [7, 11) is 0. The molecule has 190 valence electrons. The molecule has 0 amide bonds. The van der Waals surface area contributed by atoms with Crippen molar-refractivity contribution in [3.63, 3.8) is 0 Å². The average Bonchev–Trinajstić information content (AvgIpc) is 2.90. The Morgan fingerprint density at radius 3 is 2.22 bits per heavy atom. The Morgan fingerprint density at radius 2 is 1.56 bits per heavy atom. The van der Waals surface area contributed by atoms with Gasteiger partial charge in [0.15, 0.2) is 23.1 Å². The first-order valence-electron chi connectivity index (χ1n) is 12.4. The zero-order valence-electron chi connectivity index (χ0n) is 20.4. The summed E-state index contributed by atoms with van der Waals surface area (Å²) < 4.78 is 60.3. The third-order valence-electron chi connectivity index (χ3n) is 6.63. The summed E-state index contributed by atoms with van der Waals surface area (Å²) in [4.78, 5) is 0. The minimum absolute atomic E-state index is 0.0820. The van der Waals surface area contributed by atoms with E-state index >= 15 is 0 Å². The quantitative estimate of drug-likeness (QED) is 0.266. The van der Waals surface area contributed by atoms with Crippen molar-refractivity contribution in [2.24, 2.45) is 5.92 Å². The molecule has 36 heavy (non-hydrogen) atoms. The van der Waals surface area contributed by atoms with Gasteiger partial charge in [-0.05, 0) is 92.0 Å². The third-order valence-corrected chi connectivity index (χ3v) is 6.63. The maximum atomic E-state index is 14.8. The number of hydrogen-bond acceptors (Lipinski definition) is 3. The van der Waals surface area contributed by atoms with Crippen molar-refractivity contribution >= 4 is 0 Å². The van der Waals surface area contributed by atoms with E-state index in [0.717, 1.165) is 31.2 Å². The van der Waals surface area contributed by atoms with Crippen LogP contribution in [0.3, 0.4) is 0 Å². The lowest BCUT2D eigenvalue weighted by atomic mass is 9.79. The highest BCUT2D eigenvalue weighted by molar-refractivity contribution is 5.66. The van der Waals surface area contributed by atoms with Crippen molar-refractivity contribution in [2.75, 3.05) is 19.8 Å². The standard InChI is InChI=1S/C30H31F3O3/c1-3-17-35-27-15-11-23(18-26(27)31)21-7-5-20(6-8-21)19-36-28-16-14-25(29(32)30(28)33)22-9-12-24(13-10-22)34-4-2/h3,9-16,18,20-21H,1,4-8,17,19H2,2H3. The summed E-state index contributed by atoms with van der Waals surface area (Å²) in [6.07, 6.45) is 5.08. The molecule has 3 nitrogen and oxygen atoms in total. The molecule has 0 aromatic heterocycles. The molecule has 0 bridgehead atoms. The average molecular weight is 497 g/mol. The molecular weight excluding hydrogens is 465 g/mol. The highest BCUT2D eigenvalue weighted by atomic mass is 19.2. The minimum atomic E-state index is -0.982. The van der Waals surface area contributed by atoms with Gasteiger partial charge in [0, 0.05) is 5.56 Å². The molecule has 1 aliphatic rings. The van der Waals surface area contributed by atoms with Crippen LogP contribution in [-0.2, 0) is 0 Å². The molecular formula is C30H31F3O3. The lowest BCUT2D eigenvalue weighted by Gasteiger charge is -2.29. The first kappa shape index (κ1) is 25.7. The highest BCUT2D eigenvalue weighted by Crippen LogP contribution is 2.38. The van der Waals surface area contributed by atoms with E-state index in [2.05, 4.69) is 6.58 Å². The molecule has 0 unspecified atom stereocenters. The summed E-state index contributed by atoms with van der Waals surface area (Å²) in [5.41, 5.74) is 1.70. The SMILES string of the molecule is C=CCOc1ccc(C2CCC(COc3ccc(-c4ccc(OCC)cc4)c(F)c3F)CC2)cc1F. The molecule has 1 saturated carbocycles. The lowest BCUT2D eigenvalue weighted by molar-refractivity contribution is 0.192. The molecule has 3 aromatic carbocycles. The normalized spacial score (nSPS) is 17.4. The van der Waals surface area contributed by atoms with Gasteiger partial charge in [0.05, 0.1) is 13.2 Å². The number of hydrogen-bond donors (Lipinski definition) is 0. The molecule has 0 atom stereocenters. The van der Waals surface area contributed by atoms with Crippen molar-refractivity contribution < 1.29 is 27.4 Å². The van der Waals surface area contributed by atoms with Gasteiger partial charge in [-0.25, -0.2) is 8.78 Å². The van der Waals surface area contributed by atoms with Crippen molar-refractivity contribution in [2.45, 2.75) is 38.5 Å². The number of benzene rings is 3. The van der Waals surface area contributed by atoms with Crippen LogP contribution in [0.5, 0.6) is 17.2 Å². The Kier molecular flexibility index (Phi) is 8.57. The summed E-state index contributed by atoms with van der Waals surface area (Å²) in [6, 6.07) is 15.0. The predicted molar refractivity (Wildman–Crippen MR) is 135 cm³/mol. The Hall–Kier alpha value is -3.41. The van der Waals surface area contributed by atoms with E-state index in [4.69, 9.17) is 14.2 Å². The van der Waals surface area contributed by atoms with Gasteiger partial charge in [-0.15, -0.1) is 0 Å². The minimum Gasteiger partial charge on any atom is -0.494 e. The smallest absolute Gasteiger partial charge is 0.201 e. The van der Waals surface area contributed by atoms with E-state index in [1.165, 1.54) is 12.1 Å². The predicted octanol–water partition coefficient (Wildman–Crippen LogP) is 8.09. The van der Waals surface area contributed by atoms with Crippen LogP contribution in [0.2, 0.25) is 0 Å². The Morgan fingerprint density at radius 1 is 0.833 bits per heavy atom. The fraction of sp³-hybridized carbons (Fsp3) is 0.333. The van der Waals surface area contributed by atoms with E-state index in [9.17, 15) is 13.2 Å². The second kappa shape index (κ2) is 12.0. The zero-order valence-corrected chi connectivity index (χ0v) is 20.4. The fourth-order valence-electron chi connectivity index (χ4n) is 4.67. The van der Waals surface area contributed by atoms with E-state index < -0.39 is 11.6 Å². The van der Waals surface area contributed by atoms with E-state index in [1.807, 2.05) is 13.0 Å². The lowest BCUT2D eigenvalue weighted by Crippen LogP contribution is -2.19. The molecule has 3 aromatic rings. The number of rotatable bonds is 10. The van der Waals surface area contributed by atoms with Crippen LogP contribution >= 0.6 is 0 Å². The molecule has 1 fully saturated rings. The number of halogens is 3. The van der Waals surface area contributed by atoms with Gasteiger partial charge in [0.2, 0.25) is 5.82 Å². The maximum absolute atomic E-state index is 14.8. The zero-order chi connectivity index (χ0) is 25.5. The maximum Gasteiger partial charge on any atom is 0.201 e. The van der Waals surface area contributed by atoms with Crippen LogP contribution < -0.4 is 14.2 Å². The van der Waals surface area contributed by atoms with Crippen LogP contribution in [0.25, 0.3) is 11.1 Å². The van der Waals surface area contributed by atoms with Gasteiger partial charge >= 0.3 is 0 Å². The highest BCUT2D eigenvalue weighted by Gasteiger charge is 2.24. The monoisotopic (exact) mass is 496 g/mol. The Balaban J connectivity index is 1.32. The fourth-order valence-corrected chi connectivity index (χ4v) is 4.67. The second-order valence-electron chi connectivity index (χ2n) is 9.01. The molecule has 4 rings (SSSR count). The van der Waals surface area contributed by atoms with Crippen LogP contribution in [-0.4, -0.2) is 19.8 Å². The van der Waals surface area contributed by atoms with Crippen molar-refractivity contribution in [1.29, 1.82) is 0 Å². The molecule has 0 N–H and O–H groups in total. The Bertz CT molecular complexity index is 1170. The molecule has 0 radical (unpaired) electrons. The van der Waals surface area contributed by atoms with Gasteiger partial charge in [0.25, 0.3) is 0 Å². The second-order valence-corrected chi connectivity index (χ2v) is 9.01. The molecule has 0 heterocycles. The summed E-state index contributed by atoms with van der Waals surface area (Å²) in [5, 5.41) is 0. The van der Waals surface area contributed by atoms with Crippen LogP contribution in [0.15, 0.2) is 67.3 Å². The van der Waals surface area contributed by atoms with Gasteiger partial charge in [0.1, 0.15) is 12.4 Å². The molecule has 0 aliphatic heterocycles. The topological polar surface area (TPSA) is 27.7 Å². The third kappa shape index (κ3) is 6.04. The van der Waals surface area contributed by atoms with Crippen molar-refractivity contribution in [3.8, 4) is 28.4 Å². The number of ether oxygens (including phenoxy) is 3. The van der Waals surface area contributed by atoms with Gasteiger partial charge < -0.3 is 14.2 Å². The van der Waals surface area contributed by atoms with Crippen LogP contribution in [0.4, 0.5) is 13.2 Å². The summed E-state index contributed by atoms with van der Waals surface area (Å²) >= 11 is 0. The molecule has 1 aliphatic carbocycles.